The second kappa shape index (κ2) is 14.9. The maximum atomic E-state index is 13.2. The van der Waals surface area contributed by atoms with Crippen molar-refractivity contribution in [2.75, 3.05) is 30.8 Å². The summed E-state index contributed by atoms with van der Waals surface area (Å²) in [5, 5.41) is 9.64. The van der Waals surface area contributed by atoms with Crippen LogP contribution in [-0.2, 0) is 25.6 Å². The molecule has 0 aliphatic carbocycles. The summed E-state index contributed by atoms with van der Waals surface area (Å²) in [4.78, 5) is 69.2. The maximum absolute atomic E-state index is 13.2. The van der Waals surface area contributed by atoms with Crippen LogP contribution < -0.4 is 16.0 Å². The van der Waals surface area contributed by atoms with E-state index in [0.29, 0.717) is 37.3 Å². The molecule has 2 aliphatic heterocycles. The van der Waals surface area contributed by atoms with Crippen molar-refractivity contribution in [2.45, 2.75) is 64.1 Å². The monoisotopic (exact) mass is 662 g/mol. The number of hydrogen-bond donors (Lipinski definition) is 3. The van der Waals surface area contributed by atoms with E-state index in [4.69, 9.17) is 0 Å². The van der Waals surface area contributed by atoms with Crippen LogP contribution in [0.25, 0.3) is 22.0 Å². The van der Waals surface area contributed by atoms with Gasteiger partial charge in [0, 0.05) is 36.4 Å². The van der Waals surface area contributed by atoms with Gasteiger partial charge in [0.25, 0.3) is 0 Å². The van der Waals surface area contributed by atoms with Crippen molar-refractivity contribution in [1.29, 1.82) is 0 Å². The molecule has 0 bridgehead atoms. The van der Waals surface area contributed by atoms with Crippen LogP contribution in [0, 0.1) is 5.92 Å². The van der Waals surface area contributed by atoms with Crippen molar-refractivity contribution in [3.8, 4) is 11.1 Å². The first-order chi connectivity index (χ1) is 23.7. The Bertz CT molecular complexity index is 1830. The number of carbonyl (C=O) groups is 4. The Morgan fingerprint density at radius 2 is 1.49 bits per heavy atom. The van der Waals surface area contributed by atoms with E-state index >= 15 is 0 Å². The SMILES string of the molecule is CN[C@H](C(=O)N1CCC[C@H]1C(=O)Nc1ccc2cc(-c3cnc(NC(=O)[C@@H]4CCCN4C(=O)Cc4ccccc4)nc3)ccc2n1)C(C)C. The molecule has 0 unspecified atom stereocenters. The Morgan fingerprint density at radius 3 is 2.18 bits per heavy atom. The third-order valence-corrected chi connectivity index (χ3v) is 9.32. The Morgan fingerprint density at radius 1 is 0.816 bits per heavy atom. The van der Waals surface area contributed by atoms with E-state index in [1.165, 1.54) is 0 Å². The van der Waals surface area contributed by atoms with E-state index in [-0.39, 0.29) is 48.0 Å². The molecule has 2 saturated heterocycles. The van der Waals surface area contributed by atoms with Crippen LogP contribution in [0.1, 0.15) is 45.1 Å². The number of rotatable bonds is 10. The molecular formula is C37H42N8O4. The number of carbonyl (C=O) groups excluding carboxylic acids is 4. The number of anilines is 2. The summed E-state index contributed by atoms with van der Waals surface area (Å²) in [7, 11) is 1.77. The number of pyridine rings is 1. The maximum Gasteiger partial charge on any atom is 0.249 e. The fraction of sp³-hybridized carbons (Fsp3) is 0.378. The topological polar surface area (TPSA) is 150 Å². The molecule has 4 heterocycles. The number of benzene rings is 2. The molecule has 0 radical (unpaired) electrons. The molecule has 2 aromatic heterocycles. The first-order valence-corrected chi connectivity index (χ1v) is 16.9. The van der Waals surface area contributed by atoms with Gasteiger partial charge in [0.2, 0.25) is 29.6 Å². The highest BCUT2D eigenvalue weighted by Crippen LogP contribution is 2.26. The highest BCUT2D eigenvalue weighted by atomic mass is 16.2. The standard InChI is InChI=1S/C37H42N8O4/c1-23(2)33(38-3)36(49)45-18-8-12-30(45)34(47)42-31-16-14-26-20-25(13-15-28(26)41-31)27-21-39-37(40-22-27)43-35(48)29-11-7-17-44(29)32(46)19-24-9-5-4-6-10-24/h4-6,9-10,13-16,20-23,29-30,33,38H,7-8,11-12,17-19H2,1-3H3,(H,41,42,47)(H,39,40,43,48)/t29-,30-,33-/m0/s1. The number of aromatic nitrogens is 3. The summed E-state index contributed by atoms with van der Waals surface area (Å²) in [5.74, 6) is 0.0398. The van der Waals surface area contributed by atoms with Crippen molar-refractivity contribution < 1.29 is 19.2 Å². The Kier molecular flexibility index (Phi) is 10.2. The van der Waals surface area contributed by atoms with Gasteiger partial charge in [-0.25, -0.2) is 15.0 Å². The minimum Gasteiger partial charge on any atom is -0.330 e. The van der Waals surface area contributed by atoms with Crippen molar-refractivity contribution >= 4 is 46.3 Å². The van der Waals surface area contributed by atoms with E-state index in [0.717, 1.165) is 34.9 Å². The predicted octanol–water partition coefficient (Wildman–Crippen LogP) is 4.04. The first kappa shape index (κ1) is 33.7. The summed E-state index contributed by atoms with van der Waals surface area (Å²) in [6, 6.07) is 17.4. The molecule has 12 heteroatoms. The number of nitrogens with zero attached hydrogens (tertiary/aromatic N) is 5. The molecule has 4 aromatic rings. The van der Waals surface area contributed by atoms with Gasteiger partial charge in [-0.1, -0.05) is 50.2 Å². The number of amides is 4. The van der Waals surface area contributed by atoms with E-state index in [1.807, 2.05) is 68.4 Å². The lowest BCUT2D eigenvalue weighted by Crippen LogP contribution is -2.52. The van der Waals surface area contributed by atoms with Gasteiger partial charge in [0.1, 0.15) is 17.9 Å². The van der Waals surface area contributed by atoms with Crippen molar-refractivity contribution in [2.24, 2.45) is 5.92 Å². The van der Waals surface area contributed by atoms with Gasteiger partial charge in [0.15, 0.2) is 0 Å². The molecule has 0 saturated carbocycles. The smallest absolute Gasteiger partial charge is 0.249 e. The summed E-state index contributed by atoms with van der Waals surface area (Å²) in [6.07, 6.45) is 6.29. The molecule has 4 amide bonds. The van der Waals surface area contributed by atoms with Crippen molar-refractivity contribution in [3.63, 3.8) is 0 Å². The normalized spacial score (nSPS) is 18.1. The Balaban J connectivity index is 1.07. The van der Waals surface area contributed by atoms with Gasteiger partial charge in [-0.05, 0) is 74.0 Å². The largest absolute Gasteiger partial charge is 0.330 e. The van der Waals surface area contributed by atoms with Crippen LogP contribution in [0.3, 0.4) is 0 Å². The van der Waals surface area contributed by atoms with Gasteiger partial charge < -0.3 is 20.4 Å². The third-order valence-electron chi connectivity index (χ3n) is 9.32. The zero-order valence-corrected chi connectivity index (χ0v) is 28.1. The molecule has 2 fully saturated rings. The van der Waals surface area contributed by atoms with Crippen molar-refractivity contribution in [3.05, 3.63) is 78.6 Å². The summed E-state index contributed by atoms with van der Waals surface area (Å²) < 4.78 is 0. The molecule has 2 aromatic carbocycles. The molecule has 254 valence electrons. The Labute approximate surface area is 285 Å². The minimum atomic E-state index is -0.558. The van der Waals surface area contributed by atoms with Gasteiger partial charge >= 0.3 is 0 Å². The molecule has 2 aliphatic rings. The third kappa shape index (κ3) is 7.59. The zero-order chi connectivity index (χ0) is 34.5. The lowest BCUT2D eigenvalue weighted by atomic mass is 10.0. The van der Waals surface area contributed by atoms with Crippen LogP contribution in [0.4, 0.5) is 11.8 Å². The van der Waals surface area contributed by atoms with E-state index in [1.54, 1.807) is 35.3 Å². The number of likely N-dealkylation sites (N-methyl/N-ethyl adjacent to an activating group) is 1. The fourth-order valence-corrected chi connectivity index (χ4v) is 6.75. The van der Waals surface area contributed by atoms with Crippen LogP contribution in [0.2, 0.25) is 0 Å². The lowest BCUT2D eigenvalue weighted by molar-refractivity contribution is -0.139. The number of fused-ring (bicyclic) bond motifs is 1. The van der Waals surface area contributed by atoms with E-state index in [9.17, 15) is 19.2 Å². The zero-order valence-electron chi connectivity index (χ0n) is 28.1. The highest BCUT2D eigenvalue weighted by Gasteiger charge is 2.38. The van der Waals surface area contributed by atoms with Crippen LogP contribution in [0.5, 0.6) is 0 Å². The molecule has 3 N–H and O–H groups in total. The van der Waals surface area contributed by atoms with Gasteiger partial charge in [-0.15, -0.1) is 0 Å². The van der Waals surface area contributed by atoms with Gasteiger partial charge in [0.05, 0.1) is 18.0 Å². The molecule has 49 heavy (non-hydrogen) atoms. The quantitative estimate of drug-likeness (QED) is 0.231. The number of hydrogen-bond acceptors (Lipinski definition) is 8. The highest BCUT2D eigenvalue weighted by molar-refractivity contribution is 5.99. The van der Waals surface area contributed by atoms with Gasteiger partial charge in [-0.3, -0.25) is 24.5 Å². The van der Waals surface area contributed by atoms with Crippen LogP contribution >= 0.6 is 0 Å². The molecule has 0 spiro atoms. The van der Waals surface area contributed by atoms with Gasteiger partial charge in [-0.2, -0.15) is 0 Å². The number of likely N-dealkylation sites (tertiary alicyclic amines) is 2. The molecular weight excluding hydrogens is 620 g/mol. The number of nitrogens with one attached hydrogen (secondary N) is 3. The average Bonchev–Trinajstić information content (AvgIpc) is 3.80. The summed E-state index contributed by atoms with van der Waals surface area (Å²) in [5.41, 5.74) is 3.23. The molecule has 12 nitrogen and oxygen atoms in total. The molecule has 3 atom stereocenters. The van der Waals surface area contributed by atoms with Crippen LogP contribution in [0.15, 0.2) is 73.1 Å². The summed E-state index contributed by atoms with van der Waals surface area (Å²) in [6.45, 7) is 5.08. The average molecular weight is 663 g/mol. The molecule has 6 rings (SSSR count). The van der Waals surface area contributed by atoms with Crippen molar-refractivity contribution in [1.82, 2.24) is 30.1 Å². The fourth-order valence-electron chi connectivity index (χ4n) is 6.75. The van der Waals surface area contributed by atoms with Crippen LogP contribution in [-0.4, -0.2) is 86.6 Å². The lowest BCUT2D eigenvalue weighted by Gasteiger charge is -2.29. The summed E-state index contributed by atoms with van der Waals surface area (Å²) >= 11 is 0. The van der Waals surface area contributed by atoms with E-state index < -0.39 is 12.1 Å². The second-order valence-electron chi connectivity index (χ2n) is 13.0. The Hall–Kier alpha value is -5.23. The second-order valence-corrected chi connectivity index (χ2v) is 13.0. The first-order valence-electron chi connectivity index (χ1n) is 16.9. The van der Waals surface area contributed by atoms with E-state index in [2.05, 4.69) is 30.9 Å². The predicted molar refractivity (Wildman–Crippen MR) is 187 cm³/mol. The minimum absolute atomic E-state index is 0.0555.